The van der Waals surface area contributed by atoms with Crippen molar-refractivity contribution < 1.29 is 27.9 Å². The summed E-state index contributed by atoms with van der Waals surface area (Å²) >= 11 is 0. The van der Waals surface area contributed by atoms with Gasteiger partial charge >= 0.3 is 18.2 Å². The van der Waals surface area contributed by atoms with E-state index >= 15 is 0 Å². The zero-order valence-electron chi connectivity index (χ0n) is 11.8. The van der Waals surface area contributed by atoms with Crippen LogP contribution in [-0.4, -0.2) is 72.9 Å². The number of urea groups is 1. The first-order valence-electron chi connectivity index (χ1n) is 6.70. The molecule has 9 heteroatoms. The van der Waals surface area contributed by atoms with Gasteiger partial charge in [-0.1, -0.05) is 0 Å². The molecule has 0 radical (unpaired) electrons. The Morgan fingerprint density at radius 2 is 2.10 bits per heavy atom. The minimum absolute atomic E-state index is 0.172. The van der Waals surface area contributed by atoms with Crippen LogP contribution in [0.4, 0.5) is 18.0 Å². The van der Waals surface area contributed by atoms with Crippen molar-refractivity contribution in [1.82, 2.24) is 15.1 Å². The SMILES string of the molecule is CNCC1CCCN(C(=O)N(CC(=O)O)CC(F)(F)F)C1. The molecule has 1 unspecified atom stereocenters. The maximum Gasteiger partial charge on any atom is 0.406 e. The summed E-state index contributed by atoms with van der Waals surface area (Å²) in [6, 6.07) is -0.865. The third kappa shape index (κ3) is 6.19. The zero-order chi connectivity index (χ0) is 16.0. The lowest BCUT2D eigenvalue weighted by molar-refractivity contribution is -0.149. The molecule has 2 N–H and O–H groups in total. The van der Waals surface area contributed by atoms with Crippen molar-refractivity contribution in [2.75, 3.05) is 39.8 Å². The summed E-state index contributed by atoms with van der Waals surface area (Å²) in [6.45, 7) is -1.14. The molecule has 1 saturated heterocycles. The van der Waals surface area contributed by atoms with Gasteiger partial charge in [0.25, 0.3) is 0 Å². The summed E-state index contributed by atoms with van der Waals surface area (Å²) in [5.41, 5.74) is 0. The van der Waals surface area contributed by atoms with Crippen LogP contribution >= 0.6 is 0 Å². The fourth-order valence-corrected chi connectivity index (χ4v) is 2.46. The number of hydrogen-bond acceptors (Lipinski definition) is 3. The molecule has 0 aromatic rings. The van der Waals surface area contributed by atoms with E-state index in [4.69, 9.17) is 5.11 Å². The highest BCUT2D eigenvalue weighted by atomic mass is 19.4. The van der Waals surface area contributed by atoms with Crippen LogP contribution in [0.2, 0.25) is 0 Å². The Morgan fingerprint density at radius 1 is 1.43 bits per heavy atom. The number of nitrogens with one attached hydrogen (secondary N) is 1. The molecule has 1 fully saturated rings. The molecule has 21 heavy (non-hydrogen) atoms. The average molecular weight is 311 g/mol. The second-order valence-corrected chi connectivity index (χ2v) is 5.16. The molecular formula is C12H20F3N3O3. The number of amides is 2. The van der Waals surface area contributed by atoms with Gasteiger partial charge in [0, 0.05) is 13.1 Å². The van der Waals surface area contributed by atoms with Crippen LogP contribution in [0.5, 0.6) is 0 Å². The van der Waals surface area contributed by atoms with E-state index in [1.54, 1.807) is 7.05 Å². The first-order valence-corrected chi connectivity index (χ1v) is 6.70. The molecule has 0 spiro atoms. The van der Waals surface area contributed by atoms with E-state index in [1.165, 1.54) is 4.90 Å². The fraction of sp³-hybridized carbons (Fsp3) is 0.833. The highest BCUT2D eigenvalue weighted by Crippen LogP contribution is 2.20. The number of rotatable bonds is 5. The summed E-state index contributed by atoms with van der Waals surface area (Å²) in [6.07, 6.45) is -3.03. The van der Waals surface area contributed by atoms with Gasteiger partial charge < -0.3 is 20.2 Å². The molecule has 6 nitrogen and oxygen atoms in total. The summed E-state index contributed by atoms with van der Waals surface area (Å²) in [5, 5.41) is 11.6. The summed E-state index contributed by atoms with van der Waals surface area (Å²) in [5.74, 6) is -1.29. The molecule has 1 aliphatic rings. The second-order valence-electron chi connectivity index (χ2n) is 5.16. The topological polar surface area (TPSA) is 72.9 Å². The van der Waals surface area contributed by atoms with Gasteiger partial charge in [-0.15, -0.1) is 0 Å². The molecule has 0 aromatic heterocycles. The lowest BCUT2D eigenvalue weighted by atomic mass is 9.98. The van der Waals surface area contributed by atoms with Crippen molar-refractivity contribution in [1.29, 1.82) is 0 Å². The van der Waals surface area contributed by atoms with E-state index in [-0.39, 0.29) is 5.92 Å². The Bertz CT molecular complexity index is 374. The molecule has 1 heterocycles. The van der Waals surface area contributed by atoms with Gasteiger partial charge in [0.15, 0.2) is 0 Å². The highest BCUT2D eigenvalue weighted by molar-refractivity contribution is 5.80. The summed E-state index contributed by atoms with van der Waals surface area (Å²) < 4.78 is 37.4. The third-order valence-electron chi connectivity index (χ3n) is 3.25. The third-order valence-corrected chi connectivity index (χ3v) is 3.25. The van der Waals surface area contributed by atoms with Crippen LogP contribution in [0.25, 0.3) is 0 Å². The predicted octanol–water partition coefficient (Wildman–Crippen LogP) is 0.987. The average Bonchev–Trinajstić information content (AvgIpc) is 2.35. The largest absolute Gasteiger partial charge is 0.480 e. The van der Waals surface area contributed by atoms with Crippen molar-refractivity contribution in [2.45, 2.75) is 19.0 Å². The lowest BCUT2D eigenvalue weighted by Gasteiger charge is -2.36. The Balaban J connectivity index is 2.71. The monoisotopic (exact) mass is 311 g/mol. The molecule has 122 valence electrons. The van der Waals surface area contributed by atoms with Crippen molar-refractivity contribution in [2.24, 2.45) is 5.92 Å². The van der Waals surface area contributed by atoms with Gasteiger partial charge in [0.05, 0.1) is 0 Å². The van der Waals surface area contributed by atoms with E-state index in [1.807, 2.05) is 0 Å². The molecule has 1 atom stereocenters. The molecule has 0 saturated carbocycles. The second kappa shape index (κ2) is 7.48. The van der Waals surface area contributed by atoms with Crippen molar-refractivity contribution >= 4 is 12.0 Å². The number of aliphatic carboxylic acids is 1. The number of piperidine rings is 1. The number of hydrogen-bond donors (Lipinski definition) is 2. The van der Waals surface area contributed by atoms with Gasteiger partial charge in [0.2, 0.25) is 0 Å². The van der Waals surface area contributed by atoms with E-state index in [2.05, 4.69) is 5.32 Å². The molecule has 1 aliphatic heterocycles. The van der Waals surface area contributed by atoms with Gasteiger partial charge in [-0.2, -0.15) is 13.2 Å². The molecule has 0 bridgehead atoms. The quantitative estimate of drug-likeness (QED) is 0.794. The van der Waals surface area contributed by atoms with Crippen molar-refractivity contribution in [3.8, 4) is 0 Å². The van der Waals surface area contributed by atoms with Crippen LogP contribution in [0.3, 0.4) is 0 Å². The predicted molar refractivity (Wildman–Crippen MR) is 68.9 cm³/mol. The number of carboxylic acids is 1. The first kappa shape index (κ1) is 17.5. The molecule has 0 aromatic carbocycles. The maximum atomic E-state index is 12.5. The number of carboxylic acid groups (broad SMARTS) is 1. The number of halogens is 3. The lowest BCUT2D eigenvalue weighted by Crippen LogP contribution is -2.52. The van der Waals surface area contributed by atoms with E-state index in [9.17, 15) is 22.8 Å². The number of alkyl halides is 3. The fourth-order valence-electron chi connectivity index (χ4n) is 2.46. The van der Waals surface area contributed by atoms with Gasteiger partial charge in [-0.25, -0.2) is 4.79 Å². The first-order chi connectivity index (χ1) is 9.73. The van der Waals surface area contributed by atoms with Crippen LogP contribution in [0.15, 0.2) is 0 Å². The molecule has 1 rings (SSSR count). The standard InChI is InChI=1S/C12H20F3N3O3/c1-16-5-9-3-2-4-17(6-9)11(21)18(7-10(19)20)8-12(13,14)15/h9,16H,2-8H2,1H3,(H,19,20). The van der Waals surface area contributed by atoms with Gasteiger partial charge in [-0.05, 0) is 32.4 Å². The Hall–Kier alpha value is -1.51. The van der Waals surface area contributed by atoms with Crippen LogP contribution < -0.4 is 5.32 Å². The van der Waals surface area contributed by atoms with Crippen molar-refractivity contribution in [3.63, 3.8) is 0 Å². The van der Waals surface area contributed by atoms with Crippen LogP contribution in [0.1, 0.15) is 12.8 Å². The molecular weight excluding hydrogens is 291 g/mol. The normalized spacial score (nSPS) is 19.4. The van der Waals surface area contributed by atoms with Crippen LogP contribution in [-0.2, 0) is 4.79 Å². The van der Waals surface area contributed by atoms with E-state index in [0.717, 1.165) is 6.42 Å². The van der Waals surface area contributed by atoms with Crippen LogP contribution in [0, 0.1) is 5.92 Å². The Morgan fingerprint density at radius 3 is 2.62 bits per heavy atom. The molecule has 0 aliphatic carbocycles. The van der Waals surface area contributed by atoms with Gasteiger partial charge in [-0.3, -0.25) is 4.79 Å². The number of carbonyl (C=O) groups is 2. The Labute approximate surface area is 120 Å². The van der Waals surface area contributed by atoms with Gasteiger partial charge in [0.1, 0.15) is 13.1 Å². The molecule has 2 amide bonds. The summed E-state index contributed by atoms with van der Waals surface area (Å²) in [4.78, 5) is 24.4. The Kier molecular flexibility index (Phi) is 6.25. The van der Waals surface area contributed by atoms with E-state index in [0.29, 0.717) is 31.0 Å². The zero-order valence-corrected chi connectivity index (χ0v) is 11.8. The van der Waals surface area contributed by atoms with Crippen molar-refractivity contribution in [3.05, 3.63) is 0 Å². The highest BCUT2D eigenvalue weighted by Gasteiger charge is 2.36. The number of nitrogens with zero attached hydrogens (tertiary/aromatic N) is 2. The smallest absolute Gasteiger partial charge is 0.406 e. The van der Waals surface area contributed by atoms with E-state index < -0.39 is 31.3 Å². The number of carbonyl (C=O) groups excluding carboxylic acids is 1. The minimum atomic E-state index is -4.62. The summed E-state index contributed by atoms with van der Waals surface area (Å²) in [7, 11) is 1.77. The number of likely N-dealkylation sites (tertiary alicyclic amines) is 1. The maximum absolute atomic E-state index is 12.5. The minimum Gasteiger partial charge on any atom is -0.480 e.